The average Bonchev–Trinajstić information content (AvgIpc) is 2.39. The van der Waals surface area contributed by atoms with E-state index in [0.717, 1.165) is 0 Å². The van der Waals surface area contributed by atoms with Crippen LogP contribution < -0.4 is 11.3 Å². The van der Waals surface area contributed by atoms with Crippen LogP contribution in [0.5, 0.6) is 0 Å². The number of H-pyrrole nitrogens is 1. The molecule has 7 nitrogen and oxygen atoms in total. The minimum Gasteiger partial charge on any atom is -0.409 e. The molecule has 18 heavy (non-hydrogen) atoms. The van der Waals surface area contributed by atoms with Gasteiger partial charge in [0.25, 0.3) is 5.91 Å². The van der Waals surface area contributed by atoms with Gasteiger partial charge in [-0.3, -0.25) is 9.59 Å². The predicted molar refractivity (Wildman–Crippen MR) is 66.7 cm³/mol. The van der Waals surface area contributed by atoms with Gasteiger partial charge in [0.15, 0.2) is 0 Å². The van der Waals surface area contributed by atoms with Gasteiger partial charge < -0.3 is 20.8 Å². The Hall–Kier alpha value is -2.31. The Balaban J connectivity index is 2.73. The molecule has 1 amide bonds. The van der Waals surface area contributed by atoms with E-state index in [1.54, 1.807) is 4.90 Å². The highest BCUT2D eigenvalue weighted by molar-refractivity contribution is 5.94. The molecule has 1 aromatic heterocycles. The maximum Gasteiger partial charge on any atom is 0.255 e. The van der Waals surface area contributed by atoms with Gasteiger partial charge in [0.1, 0.15) is 5.84 Å². The molecule has 0 atom stereocenters. The minimum absolute atomic E-state index is 0.0720. The first kappa shape index (κ1) is 13.8. The van der Waals surface area contributed by atoms with Crippen LogP contribution in [0.2, 0.25) is 0 Å². The van der Waals surface area contributed by atoms with E-state index in [9.17, 15) is 9.59 Å². The lowest BCUT2D eigenvalue weighted by Crippen LogP contribution is -2.34. The summed E-state index contributed by atoms with van der Waals surface area (Å²) >= 11 is 0. The second-order valence-corrected chi connectivity index (χ2v) is 3.67. The molecule has 7 heteroatoms. The lowest BCUT2D eigenvalue weighted by molar-refractivity contribution is 0.0768. The van der Waals surface area contributed by atoms with Crippen molar-refractivity contribution in [2.24, 2.45) is 10.9 Å². The third-order valence-corrected chi connectivity index (χ3v) is 2.47. The van der Waals surface area contributed by atoms with Gasteiger partial charge in [-0.1, -0.05) is 5.16 Å². The number of nitrogens with one attached hydrogen (secondary N) is 1. The predicted octanol–water partition coefficient (Wildman–Crippen LogP) is -0.0265. The quantitative estimate of drug-likeness (QED) is 0.296. The molecule has 0 unspecified atom stereocenters. The molecule has 0 spiro atoms. The number of carbonyl (C=O) groups is 1. The number of hydrogen-bond donors (Lipinski definition) is 3. The zero-order valence-corrected chi connectivity index (χ0v) is 10.1. The van der Waals surface area contributed by atoms with E-state index < -0.39 is 0 Å². The SMILES string of the molecule is CCN(CC/C(N)=N/O)C(=O)c1ccc(=O)[nH]c1. The summed E-state index contributed by atoms with van der Waals surface area (Å²) < 4.78 is 0. The van der Waals surface area contributed by atoms with E-state index in [-0.39, 0.29) is 17.3 Å². The van der Waals surface area contributed by atoms with Crippen molar-refractivity contribution in [1.29, 1.82) is 0 Å². The lowest BCUT2D eigenvalue weighted by atomic mass is 10.2. The summed E-state index contributed by atoms with van der Waals surface area (Å²) in [7, 11) is 0. The summed E-state index contributed by atoms with van der Waals surface area (Å²) in [5.41, 5.74) is 5.49. The summed E-state index contributed by atoms with van der Waals surface area (Å²) in [6.07, 6.45) is 1.66. The van der Waals surface area contributed by atoms with E-state index in [4.69, 9.17) is 10.9 Å². The summed E-state index contributed by atoms with van der Waals surface area (Å²) in [6, 6.07) is 2.76. The Bertz CT molecular complexity index is 475. The van der Waals surface area contributed by atoms with Crippen LogP contribution in [0.4, 0.5) is 0 Å². The first-order valence-electron chi connectivity index (χ1n) is 5.53. The van der Waals surface area contributed by atoms with Gasteiger partial charge >= 0.3 is 0 Å². The van der Waals surface area contributed by atoms with Crippen molar-refractivity contribution in [2.75, 3.05) is 13.1 Å². The van der Waals surface area contributed by atoms with Gasteiger partial charge in [0.2, 0.25) is 5.56 Å². The number of aromatic nitrogens is 1. The minimum atomic E-state index is -0.258. The van der Waals surface area contributed by atoms with Crippen LogP contribution in [0.3, 0.4) is 0 Å². The largest absolute Gasteiger partial charge is 0.409 e. The standard InChI is InChI=1S/C11H16N4O3/c1-2-15(6-5-9(12)14-18)11(17)8-3-4-10(16)13-7-8/h3-4,7,18H,2,5-6H2,1H3,(H2,12,14)(H,13,16). The van der Waals surface area contributed by atoms with Gasteiger partial charge in [-0.05, 0) is 13.0 Å². The Morgan fingerprint density at radius 1 is 1.56 bits per heavy atom. The van der Waals surface area contributed by atoms with Gasteiger partial charge in [-0.15, -0.1) is 0 Å². The number of nitrogens with two attached hydrogens (primary N) is 1. The molecule has 1 rings (SSSR count). The zero-order valence-electron chi connectivity index (χ0n) is 10.1. The highest BCUT2D eigenvalue weighted by Gasteiger charge is 2.14. The number of carbonyl (C=O) groups excluding carboxylic acids is 1. The summed E-state index contributed by atoms with van der Waals surface area (Å²) in [6.45, 7) is 2.68. The highest BCUT2D eigenvalue weighted by atomic mass is 16.4. The number of oxime groups is 1. The summed E-state index contributed by atoms with van der Waals surface area (Å²) in [4.78, 5) is 26.9. The molecule has 0 aliphatic carbocycles. The van der Waals surface area contributed by atoms with E-state index in [1.165, 1.54) is 18.3 Å². The van der Waals surface area contributed by atoms with Gasteiger partial charge in [-0.2, -0.15) is 0 Å². The van der Waals surface area contributed by atoms with Crippen LogP contribution in [0.25, 0.3) is 0 Å². The number of amides is 1. The third kappa shape index (κ3) is 3.62. The van der Waals surface area contributed by atoms with Crippen LogP contribution in [0, 0.1) is 0 Å². The molecule has 0 fully saturated rings. The van der Waals surface area contributed by atoms with E-state index in [1.807, 2.05) is 6.92 Å². The summed E-state index contributed by atoms with van der Waals surface area (Å²) in [5.74, 6) is -0.137. The monoisotopic (exact) mass is 252 g/mol. The Morgan fingerprint density at radius 3 is 2.78 bits per heavy atom. The fraction of sp³-hybridized carbons (Fsp3) is 0.364. The number of nitrogens with zero attached hydrogens (tertiary/aromatic N) is 2. The molecular formula is C11H16N4O3. The van der Waals surface area contributed by atoms with Crippen molar-refractivity contribution in [2.45, 2.75) is 13.3 Å². The lowest BCUT2D eigenvalue weighted by Gasteiger charge is -2.20. The molecule has 0 aliphatic heterocycles. The normalized spacial score (nSPS) is 11.3. The Labute approximate surface area is 104 Å². The fourth-order valence-electron chi connectivity index (χ4n) is 1.43. The van der Waals surface area contributed by atoms with Crippen molar-refractivity contribution in [3.63, 3.8) is 0 Å². The maximum atomic E-state index is 12.0. The van der Waals surface area contributed by atoms with Crippen LogP contribution in [-0.4, -0.2) is 39.9 Å². The molecule has 98 valence electrons. The van der Waals surface area contributed by atoms with Gasteiger partial charge in [0, 0.05) is 31.8 Å². The van der Waals surface area contributed by atoms with Crippen LogP contribution in [0.15, 0.2) is 28.3 Å². The van der Waals surface area contributed by atoms with Gasteiger partial charge in [0.05, 0.1) is 5.56 Å². The van der Waals surface area contributed by atoms with Crippen molar-refractivity contribution in [3.8, 4) is 0 Å². The number of pyridine rings is 1. The number of aromatic amines is 1. The molecule has 0 bridgehead atoms. The molecule has 0 radical (unpaired) electrons. The second kappa shape index (κ2) is 6.43. The first-order chi connectivity index (χ1) is 8.58. The molecule has 1 aromatic rings. The molecule has 0 saturated carbocycles. The van der Waals surface area contributed by atoms with Crippen molar-refractivity contribution < 1.29 is 10.0 Å². The van der Waals surface area contributed by atoms with E-state index in [2.05, 4.69) is 10.1 Å². The van der Waals surface area contributed by atoms with E-state index >= 15 is 0 Å². The molecular weight excluding hydrogens is 236 g/mol. The average molecular weight is 252 g/mol. The molecule has 0 saturated heterocycles. The smallest absolute Gasteiger partial charge is 0.255 e. The van der Waals surface area contributed by atoms with Crippen LogP contribution in [-0.2, 0) is 0 Å². The second-order valence-electron chi connectivity index (χ2n) is 3.67. The molecule has 0 aromatic carbocycles. The van der Waals surface area contributed by atoms with Gasteiger partial charge in [-0.25, -0.2) is 0 Å². The van der Waals surface area contributed by atoms with Crippen molar-refractivity contribution in [1.82, 2.24) is 9.88 Å². The molecule has 1 heterocycles. The van der Waals surface area contributed by atoms with Crippen LogP contribution >= 0.6 is 0 Å². The molecule has 4 N–H and O–H groups in total. The van der Waals surface area contributed by atoms with E-state index in [0.29, 0.717) is 25.1 Å². The topological polar surface area (TPSA) is 112 Å². The van der Waals surface area contributed by atoms with Crippen molar-refractivity contribution >= 4 is 11.7 Å². The summed E-state index contributed by atoms with van der Waals surface area (Å²) in [5, 5.41) is 11.3. The molecule has 0 aliphatic rings. The Kier molecular flexibility index (Phi) is 4.91. The number of hydrogen-bond acceptors (Lipinski definition) is 4. The van der Waals surface area contributed by atoms with Crippen LogP contribution in [0.1, 0.15) is 23.7 Å². The number of rotatable bonds is 5. The maximum absolute atomic E-state index is 12.0. The number of amidine groups is 1. The Morgan fingerprint density at radius 2 is 2.28 bits per heavy atom. The first-order valence-corrected chi connectivity index (χ1v) is 5.53. The van der Waals surface area contributed by atoms with Crippen molar-refractivity contribution in [3.05, 3.63) is 34.2 Å². The zero-order chi connectivity index (χ0) is 13.5. The fourth-order valence-corrected chi connectivity index (χ4v) is 1.43. The third-order valence-electron chi connectivity index (χ3n) is 2.47. The highest BCUT2D eigenvalue weighted by Crippen LogP contribution is 2.02.